The van der Waals surface area contributed by atoms with E-state index < -0.39 is 5.41 Å². The summed E-state index contributed by atoms with van der Waals surface area (Å²) in [5.41, 5.74) is 1.35. The van der Waals surface area contributed by atoms with Crippen LogP contribution in [0.15, 0.2) is 18.2 Å². The van der Waals surface area contributed by atoms with E-state index in [1.54, 1.807) is 0 Å². The number of anilines is 1. The first-order valence-corrected chi connectivity index (χ1v) is 10.1. The average Bonchev–Trinajstić information content (AvgIpc) is 2.86. The number of hydrogen-bond acceptors (Lipinski definition) is 2. The van der Waals surface area contributed by atoms with Gasteiger partial charge in [-0.15, -0.1) is 0 Å². The number of halogens is 1. The Hall–Kier alpha value is -1.53. The van der Waals surface area contributed by atoms with E-state index in [4.69, 9.17) is 11.6 Å². The van der Waals surface area contributed by atoms with Crippen molar-refractivity contribution in [2.24, 2.45) is 5.41 Å². The number of nitriles is 1. The highest BCUT2D eigenvalue weighted by Gasteiger charge is 2.44. The predicted octanol–water partition coefficient (Wildman–Crippen LogP) is 6.24. The smallest absolute Gasteiger partial charge is 0.227 e. The lowest BCUT2D eigenvalue weighted by molar-refractivity contribution is -0.118. The molecule has 4 heteroatoms. The van der Waals surface area contributed by atoms with Crippen molar-refractivity contribution >= 4 is 23.2 Å². The molecular weight excluding hydrogens is 344 g/mol. The van der Waals surface area contributed by atoms with Gasteiger partial charge in [0.15, 0.2) is 0 Å². The molecule has 1 heterocycles. The normalized spacial score (nSPS) is 19.3. The van der Waals surface area contributed by atoms with Crippen LogP contribution < -0.4 is 4.90 Å². The molecule has 1 unspecified atom stereocenters. The molecule has 0 spiro atoms. The average molecular weight is 375 g/mol. The summed E-state index contributed by atoms with van der Waals surface area (Å²) >= 11 is 6.25. The molecule has 142 valence electrons. The summed E-state index contributed by atoms with van der Waals surface area (Å²) in [5, 5.41) is 10.2. The maximum atomic E-state index is 12.9. The summed E-state index contributed by atoms with van der Waals surface area (Å²) in [7, 11) is 0. The number of unbranched alkanes of at least 4 members (excludes halogenated alkanes) is 4. The zero-order valence-electron chi connectivity index (χ0n) is 16.6. The number of carbonyl (C=O) groups is 1. The van der Waals surface area contributed by atoms with Crippen LogP contribution in [0.3, 0.4) is 0 Å². The van der Waals surface area contributed by atoms with Gasteiger partial charge in [0.05, 0.1) is 11.5 Å². The van der Waals surface area contributed by atoms with Gasteiger partial charge in [-0.3, -0.25) is 4.79 Å². The molecule has 0 aliphatic carbocycles. The van der Waals surface area contributed by atoms with Gasteiger partial charge in [0.1, 0.15) is 0 Å². The molecule has 1 aromatic rings. The highest BCUT2D eigenvalue weighted by molar-refractivity contribution is 6.30. The Balaban J connectivity index is 2.18. The van der Waals surface area contributed by atoms with E-state index in [0.29, 0.717) is 24.4 Å². The Morgan fingerprint density at radius 2 is 2.00 bits per heavy atom. The Bertz CT molecular complexity index is 692. The first-order valence-electron chi connectivity index (χ1n) is 9.74. The van der Waals surface area contributed by atoms with E-state index in [0.717, 1.165) is 24.1 Å². The van der Waals surface area contributed by atoms with Gasteiger partial charge in [0.2, 0.25) is 5.91 Å². The van der Waals surface area contributed by atoms with Crippen molar-refractivity contribution in [2.75, 3.05) is 11.4 Å². The number of rotatable bonds is 8. The lowest BCUT2D eigenvalue weighted by Gasteiger charge is -2.31. The second-order valence-corrected chi connectivity index (χ2v) is 8.98. The summed E-state index contributed by atoms with van der Waals surface area (Å²) in [6.45, 7) is 8.89. The molecule has 1 aromatic carbocycles. The first kappa shape index (κ1) is 20.8. The molecular formula is C22H31ClN2O. The molecule has 26 heavy (non-hydrogen) atoms. The molecule has 0 saturated carbocycles. The van der Waals surface area contributed by atoms with Crippen LogP contribution in [-0.2, 0) is 10.2 Å². The van der Waals surface area contributed by atoms with Crippen LogP contribution in [0.5, 0.6) is 0 Å². The molecule has 0 bridgehead atoms. The molecule has 1 amide bonds. The van der Waals surface area contributed by atoms with Gasteiger partial charge in [-0.1, -0.05) is 51.1 Å². The molecule has 0 N–H and O–H groups in total. The largest absolute Gasteiger partial charge is 0.311 e. The molecule has 1 atom stereocenters. The minimum absolute atomic E-state index is 0.184. The van der Waals surface area contributed by atoms with Crippen molar-refractivity contribution in [3.63, 3.8) is 0 Å². The zero-order chi connectivity index (χ0) is 19.4. The quantitative estimate of drug-likeness (QED) is 0.505. The highest BCUT2D eigenvalue weighted by atomic mass is 35.5. The van der Waals surface area contributed by atoms with Crippen LogP contribution in [0, 0.1) is 16.7 Å². The van der Waals surface area contributed by atoms with Crippen molar-refractivity contribution in [1.29, 1.82) is 5.26 Å². The van der Waals surface area contributed by atoms with Crippen molar-refractivity contribution in [3.8, 4) is 6.07 Å². The second kappa shape index (κ2) is 8.44. The van der Waals surface area contributed by atoms with E-state index >= 15 is 0 Å². The van der Waals surface area contributed by atoms with E-state index in [1.165, 1.54) is 19.3 Å². The fourth-order valence-electron chi connectivity index (χ4n) is 4.15. The number of hydrogen-bond donors (Lipinski definition) is 0. The van der Waals surface area contributed by atoms with Crippen molar-refractivity contribution in [1.82, 2.24) is 0 Å². The maximum Gasteiger partial charge on any atom is 0.227 e. The topological polar surface area (TPSA) is 44.1 Å². The van der Waals surface area contributed by atoms with Crippen molar-refractivity contribution in [3.05, 3.63) is 28.8 Å². The first-order chi connectivity index (χ1) is 12.2. The Morgan fingerprint density at radius 1 is 1.31 bits per heavy atom. The predicted molar refractivity (Wildman–Crippen MR) is 109 cm³/mol. The minimum atomic E-state index is -0.451. The van der Waals surface area contributed by atoms with E-state index in [9.17, 15) is 10.1 Å². The van der Waals surface area contributed by atoms with Gasteiger partial charge in [0, 0.05) is 29.1 Å². The molecule has 2 rings (SSSR count). The third-order valence-electron chi connectivity index (χ3n) is 5.34. The van der Waals surface area contributed by atoms with E-state index in [2.05, 4.69) is 19.9 Å². The molecule has 0 fully saturated rings. The lowest BCUT2D eigenvalue weighted by Crippen LogP contribution is -2.37. The van der Waals surface area contributed by atoms with Crippen LogP contribution in [0.1, 0.15) is 78.2 Å². The summed E-state index contributed by atoms with van der Waals surface area (Å²) in [5.74, 6) is 0.184. The van der Waals surface area contributed by atoms with Gasteiger partial charge < -0.3 is 4.90 Å². The molecule has 1 aliphatic rings. The number of carbonyl (C=O) groups excluding carboxylic acids is 1. The fourth-order valence-corrected chi connectivity index (χ4v) is 4.32. The SMILES string of the molecule is CCCCCCCC(=O)N1CC(C)(CC(C)(C)C#N)c2cc(Cl)ccc21. The van der Waals surface area contributed by atoms with Crippen LogP contribution >= 0.6 is 11.6 Å². The van der Waals surface area contributed by atoms with Gasteiger partial charge in [-0.05, 0) is 50.5 Å². The van der Waals surface area contributed by atoms with Crippen LogP contribution in [-0.4, -0.2) is 12.5 Å². The Morgan fingerprint density at radius 3 is 2.65 bits per heavy atom. The fraction of sp³-hybridized carbons (Fsp3) is 0.636. The van der Waals surface area contributed by atoms with Gasteiger partial charge >= 0.3 is 0 Å². The van der Waals surface area contributed by atoms with Crippen LogP contribution in [0.25, 0.3) is 0 Å². The van der Waals surface area contributed by atoms with Crippen molar-refractivity contribution < 1.29 is 4.79 Å². The molecule has 0 aromatic heterocycles. The maximum absolute atomic E-state index is 12.9. The Labute approximate surface area is 163 Å². The third kappa shape index (κ3) is 4.80. The number of nitrogens with zero attached hydrogens (tertiary/aromatic N) is 2. The highest BCUT2D eigenvalue weighted by Crippen LogP contribution is 2.47. The third-order valence-corrected chi connectivity index (χ3v) is 5.57. The number of fused-ring (bicyclic) bond motifs is 1. The van der Waals surface area contributed by atoms with Gasteiger partial charge in [-0.25, -0.2) is 0 Å². The van der Waals surface area contributed by atoms with Crippen LogP contribution in [0.4, 0.5) is 5.69 Å². The van der Waals surface area contributed by atoms with E-state index in [-0.39, 0.29) is 11.3 Å². The molecule has 3 nitrogen and oxygen atoms in total. The summed E-state index contributed by atoms with van der Waals surface area (Å²) in [6, 6.07) is 8.18. The van der Waals surface area contributed by atoms with Crippen LogP contribution in [0.2, 0.25) is 5.02 Å². The van der Waals surface area contributed by atoms with E-state index in [1.807, 2.05) is 36.9 Å². The lowest BCUT2D eigenvalue weighted by atomic mass is 9.72. The monoisotopic (exact) mass is 374 g/mol. The minimum Gasteiger partial charge on any atom is -0.311 e. The zero-order valence-corrected chi connectivity index (χ0v) is 17.3. The summed E-state index contributed by atoms with van der Waals surface area (Å²) < 4.78 is 0. The van der Waals surface area contributed by atoms with Crippen molar-refractivity contribution in [2.45, 2.75) is 78.1 Å². The van der Waals surface area contributed by atoms with Gasteiger partial charge in [-0.2, -0.15) is 5.26 Å². The standard InChI is InChI=1S/C22H31ClN2O/c1-5-6-7-8-9-10-20(26)25-16-22(4,14-21(2,3)15-24)18-13-17(23)11-12-19(18)25/h11-13H,5-10,14,16H2,1-4H3. The summed E-state index contributed by atoms with van der Waals surface area (Å²) in [4.78, 5) is 14.8. The summed E-state index contributed by atoms with van der Waals surface area (Å²) in [6.07, 6.45) is 6.98. The molecule has 0 saturated heterocycles. The van der Waals surface area contributed by atoms with Gasteiger partial charge in [0.25, 0.3) is 0 Å². The molecule has 0 radical (unpaired) electrons. The molecule has 1 aliphatic heterocycles. The number of amides is 1. The Kier molecular flexibility index (Phi) is 6.74. The number of benzene rings is 1. The second-order valence-electron chi connectivity index (χ2n) is 8.54.